The number of hydrogen-bond donors (Lipinski definition) is 1. The second-order valence-corrected chi connectivity index (χ2v) is 5.32. The Bertz CT molecular complexity index is 340. The molecule has 1 heterocycles. The minimum Gasteiger partial charge on any atom is -0.286 e. The Kier molecular flexibility index (Phi) is 4.04. The molecule has 1 unspecified atom stereocenters. The second-order valence-electron chi connectivity index (χ2n) is 3.45. The Morgan fingerprint density at radius 1 is 1.33 bits per heavy atom. The highest BCUT2D eigenvalue weighted by atomic mass is 32.2. The number of nitrogens with one attached hydrogen (secondary N) is 1. The zero-order chi connectivity index (χ0) is 11.5. The van der Waals surface area contributed by atoms with Gasteiger partial charge in [0.2, 0.25) is 0 Å². The first-order valence-corrected chi connectivity index (χ1v) is 6.27. The van der Waals surface area contributed by atoms with E-state index in [0.29, 0.717) is 26.2 Å². The molecule has 1 N–H and O–H groups in total. The highest BCUT2D eigenvalue weighted by Gasteiger charge is 2.27. The summed E-state index contributed by atoms with van der Waals surface area (Å²) in [5.41, 5.74) is 0. The molecule has 0 saturated carbocycles. The molecule has 1 fully saturated rings. The fourth-order valence-electron chi connectivity index (χ4n) is 1.54. The summed E-state index contributed by atoms with van der Waals surface area (Å²) < 4.78 is 26.5. The van der Waals surface area contributed by atoms with Crippen molar-refractivity contribution in [1.82, 2.24) is 13.9 Å². The number of nitrogens with zero attached hydrogens (tertiary/aromatic N) is 3. The SMILES string of the molecule is CNS(=O)(=O)N1CCN(C(C)C#N)CC1. The van der Waals surface area contributed by atoms with Crippen molar-refractivity contribution in [3.8, 4) is 6.07 Å². The maximum Gasteiger partial charge on any atom is 0.279 e. The predicted octanol–water partition coefficient (Wildman–Crippen LogP) is -1.02. The van der Waals surface area contributed by atoms with Crippen LogP contribution < -0.4 is 4.72 Å². The van der Waals surface area contributed by atoms with E-state index in [9.17, 15) is 8.42 Å². The van der Waals surface area contributed by atoms with Crippen molar-refractivity contribution >= 4 is 10.2 Å². The van der Waals surface area contributed by atoms with Crippen LogP contribution in [0.3, 0.4) is 0 Å². The molecule has 0 aromatic carbocycles. The first-order chi connectivity index (χ1) is 7.01. The van der Waals surface area contributed by atoms with E-state index in [0.717, 1.165) is 0 Å². The Morgan fingerprint density at radius 2 is 1.87 bits per heavy atom. The van der Waals surface area contributed by atoms with Gasteiger partial charge in [0.05, 0.1) is 12.1 Å². The molecule has 1 rings (SSSR count). The van der Waals surface area contributed by atoms with E-state index < -0.39 is 10.2 Å². The zero-order valence-electron chi connectivity index (χ0n) is 8.97. The van der Waals surface area contributed by atoms with Gasteiger partial charge in [-0.05, 0) is 6.92 Å². The molecule has 1 saturated heterocycles. The summed E-state index contributed by atoms with van der Waals surface area (Å²) in [6.45, 7) is 3.91. The van der Waals surface area contributed by atoms with Gasteiger partial charge < -0.3 is 0 Å². The normalized spacial score (nSPS) is 22.2. The zero-order valence-corrected chi connectivity index (χ0v) is 9.79. The molecular weight excluding hydrogens is 216 g/mol. The Balaban J connectivity index is 2.54. The maximum absolute atomic E-state index is 11.4. The van der Waals surface area contributed by atoms with Crippen molar-refractivity contribution in [2.45, 2.75) is 13.0 Å². The number of rotatable bonds is 3. The average molecular weight is 232 g/mol. The van der Waals surface area contributed by atoms with E-state index in [1.165, 1.54) is 11.4 Å². The molecular formula is C8H16N4O2S. The summed E-state index contributed by atoms with van der Waals surface area (Å²) in [6, 6.07) is 2.00. The standard InChI is InChI=1S/C8H16N4O2S/c1-8(7-9)11-3-5-12(6-4-11)15(13,14)10-2/h8,10H,3-6H2,1-2H3. The summed E-state index contributed by atoms with van der Waals surface area (Å²) in [4.78, 5) is 1.97. The van der Waals surface area contributed by atoms with Crippen LogP contribution in [-0.2, 0) is 10.2 Å². The van der Waals surface area contributed by atoms with Gasteiger partial charge in [-0.2, -0.15) is 18.0 Å². The molecule has 1 atom stereocenters. The Labute approximate surface area is 90.6 Å². The highest BCUT2D eigenvalue weighted by molar-refractivity contribution is 7.87. The maximum atomic E-state index is 11.4. The van der Waals surface area contributed by atoms with Crippen LogP contribution in [0.5, 0.6) is 0 Å². The molecule has 1 aliphatic heterocycles. The molecule has 0 aliphatic carbocycles. The summed E-state index contributed by atoms with van der Waals surface area (Å²) >= 11 is 0. The Hall–Kier alpha value is -0.680. The van der Waals surface area contributed by atoms with E-state index in [4.69, 9.17) is 5.26 Å². The van der Waals surface area contributed by atoms with Gasteiger partial charge >= 0.3 is 0 Å². The fourth-order valence-corrected chi connectivity index (χ4v) is 2.44. The number of nitriles is 1. The molecule has 86 valence electrons. The molecule has 0 radical (unpaired) electrons. The molecule has 1 aliphatic rings. The molecule has 15 heavy (non-hydrogen) atoms. The third-order valence-corrected chi connectivity index (χ3v) is 4.17. The summed E-state index contributed by atoms with van der Waals surface area (Å²) in [5.74, 6) is 0. The van der Waals surface area contributed by atoms with E-state index in [1.807, 2.05) is 11.8 Å². The van der Waals surface area contributed by atoms with Crippen LogP contribution in [0.1, 0.15) is 6.92 Å². The lowest BCUT2D eigenvalue weighted by atomic mass is 10.2. The molecule has 7 heteroatoms. The monoisotopic (exact) mass is 232 g/mol. The van der Waals surface area contributed by atoms with E-state index in [1.54, 1.807) is 0 Å². The summed E-state index contributed by atoms with van der Waals surface area (Å²) in [5, 5.41) is 8.72. The summed E-state index contributed by atoms with van der Waals surface area (Å²) in [7, 11) is -1.90. The molecule has 0 bridgehead atoms. The van der Waals surface area contributed by atoms with Crippen molar-refractivity contribution in [2.75, 3.05) is 33.2 Å². The lowest BCUT2D eigenvalue weighted by Gasteiger charge is -2.34. The molecule has 0 amide bonds. The average Bonchev–Trinajstić information content (AvgIpc) is 2.28. The second kappa shape index (κ2) is 4.90. The predicted molar refractivity (Wildman–Crippen MR) is 56.2 cm³/mol. The van der Waals surface area contributed by atoms with Crippen LogP contribution in [0.2, 0.25) is 0 Å². The molecule has 0 aromatic rings. The molecule has 0 aromatic heterocycles. The van der Waals surface area contributed by atoms with Gasteiger partial charge in [-0.3, -0.25) is 4.90 Å². The topological polar surface area (TPSA) is 76.4 Å². The quantitative estimate of drug-likeness (QED) is 0.676. The van der Waals surface area contributed by atoms with Gasteiger partial charge in [-0.25, -0.2) is 4.72 Å². The van der Waals surface area contributed by atoms with Crippen LogP contribution in [0, 0.1) is 11.3 Å². The first-order valence-electron chi connectivity index (χ1n) is 4.83. The van der Waals surface area contributed by atoms with Crippen molar-refractivity contribution in [2.24, 2.45) is 0 Å². The van der Waals surface area contributed by atoms with Gasteiger partial charge in [0, 0.05) is 33.2 Å². The number of hydrogen-bond acceptors (Lipinski definition) is 4. The van der Waals surface area contributed by atoms with Gasteiger partial charge in [0.15, 0.2) is 0 Å². The van der Waals surface area contributed by atoms with Crippen molar-refractivity contribution in [3.63, 3.8) is 0 Å². The van der Waals surface area contributed by atoms with E-state index in [2.05, 4.69) is 10.8 Å². The lowest BCUT2D eigenvalue weighted by Crippen LogP contribution is -2.53. The van der Waals surface area contributed by atoms with E-state index >= 15 is 0 Å². The van der Waals surface area contributed by atoms with E-state index in [-0.39, 0.29) is 6.04 Å². The van der Waals surface area contributed by atoms with Crippen LogP contribution in [0.15, 0.2) is 0 Å². The smallest absolute Gasteiger partial charge is 0.279 e. The third kappa shape index (κ3) is 2.89. The van der Waals surface area contributed by atoms with Crippen LogP contribution in [0.4, 0.5) is 0 Å². The van der Waals surface area contributed by atoms with Gasteiger partial charge in [0.25, 0.3) is 10.2 Å². The summed E-state index contributed by atoms with van der Waals surface area (Å²) in [6.07, 6.45) is 0. The lowest BCUT2D eigenvalue weighted by molar-refractivity contribution is 0.169. The van der Waals surface area contributed by atoms with Crippen LogP contribution >= 0.6 is 0 Å². The van der Waals surface area contributed by atoms with Crippen molar-refractivity contribution in [3.05, 3.63) is 0 Å². The van der Waals surface area contributed by atoms with Crippen molar-refractivity contribution < 1.29 is 8.42 Å². The van der Waals surface area contributed by atoms with Crippen LogP contribution in [-0.4, -0.2) is 56.9 Å². The minimum absolute atomic E-state index is 0.149. The van der Waals surface area contributed by atoms with Gasteiger partial charge in [-0.1, -0.05) is 0 Å². The van der Waals surface area contributed by atoms with Gasteiger partial charge in [0.1, 0.15) is 0 Å². The third-order valence-electron chi connectivity index (χ3n) is 2.61. The minimum atomic E-state index is -3.30. The fraction of sp³-hybridized carbons (Fsp3) is 0.875. The molecule has 6 nitrogen and oxygen atoms in total. The Morgan fingerprint density at radius 3 is 2.27 bits per heavy atom. The van der Waals surface area contributed by atoms with Gasteiger partial charge in [-0.15, -0.1) is 0 Å². The molecule has 0 spiro atoms. The first kappa shape index (κ1) is 12.4. The largest absolute Gasteiger partial charge is 0.286 e. The highest BCUT2D eigenvalue weighted by Crippen LogP contribution is 2.08. The van der Waals surface area contributed by atoms with Crippen molar-refractivity contribution in [1.29, 1.82) is 5.26 Å². The van der Waals surface area contributed by atoms with Crippen LogP contribution in [0.25, 0.3) is 0 Å². The number of piperazine rings is 1.